The van der Waals surface area contributed by atoms with Gasteiger partial charge in [0.1, 0.15) is 5.75 Å². The van der Waals surface area contributed by atoms with E-state index in [2.05, 4.69) is 41.7 Å². The molecule has 1 aromatic heterocycles. The fourth-order valence-electron chi connectivity index (χ4n) is 3.66. The van der Waals surface area contributed by atoms with Gasteiger partial charge in [0.2, 0.25) is 0 Å². The van der Waals surface area contributed by atoms with Gasteiger partial charge in [-0.3, -0.25) is 4.68 Å². The molecule has 3 heterocycles. The van der Waals surface area contributed by atoms with Crippen LogP contribution in [-0.4, -0.2) is 29.5 Å². The van der Waals surface area contributed by atoms with E-state index in [0.29, 0.717) is 5.92 Å². The van der Waals surface area contributed by atoms with Crippen molar-refractivity contribution < 1.29 is 9.47 Å². The summed E-state index contributed by atoms with van der Waals surface area (Å²) in [7, 11) is 0. The number of aryl methyl sites for hydroxylation is 1. The minimum Gasteiger partial charge on any atom is -0.493 e. The summed E-state index contributed by atoms with van der Waals surface area (Å²) >= 11 is 0. The van der Waals surface area contributed by atoms with Crippen molar-refractivity contribution in [2.45, 2.75) is 39.0 Å². The third kappa shape index (κ3) is 3.19. The zero-order valence-electron chi connectivity index (χ0n) is 14.2. The summed E-state index contributed by atoms with van der Waals surface area (Å²) in [5, 5.41) is 7.99. The molecule has 0 unspecified atom stereocenters. The number of nitrogens with zero attached hydrogens (tertiary/aromatic N) is 2. The fraction of sp³-hybridized carbons (Fsp3) is 0.526. The van der Waals surface area contributed by atoms with Crippen LogP contribution in [0.3, 0.4) is 0 Å². The predicted octanol–water partition coefficient (Wildman–Crippen LogP) is 2.71. The average molecular weight is 327 g/mol. The fourth-order valence-corrected chi connectivity index (χ4v) is 3.66. The van der Waals surface area contributed by atoms with Crippen LogP contribution in [0, 0.1) is 5.92 Å². The smallest absolute Gasteiger partial charge is 0.122 e. The molecular formula is C19H25N3O2. The van der Waals surface area contributed by atoms with E-state index >= 15 is 0 Å². The van der Waals surface area contributed by atoms with Crippen LogP contribution in [0.2, 0.25) is 0 Å². The lowest BCUT2D eigenvalue weighted by Gasteiger charge is -2.18. The Morgan fingerprint density at radius 1 is 1.33 bits per heavy atom. The Kier molecular flexibility index (Phi) is 4.54. The number of ether oxygens (including phenoxy) is 2. The number of hydrogen-bond donors (Lipinski definition) is 1. The van der Waals surface area contributed by atoms with Gasteiger partial charge in [-0.2, -0.15) is 5.10 Å². The van der Waals surface area contributed by atoms with Crippen molar-refractivity contribution in [3.05, 3.63) is 47.3 Å². The van der Waals surface area contributed by atoms with E-state index in [1.54, 1.807) is 0 Å². The van der Waals surface area contributed by atoms with Crippen molar-refractivity contribution in [2.75, 3.05) is 19.8 Å². The number of benzene rings is 1. The lowest BCUT2D eigenvalue weighted by Crippen LogP contribution is -2.24. The summed E-state index contributed by atoms with van der Waals surface area (Å²) in [4.78, 5) is 0. The maximum absolute atomic E-state index is 5.96. The van der Waals surface area contributed by atoms with Gasteiger partial charge in [-0.15, -0.1) is 0 Å². The molecule has 5 nitrogen and oxygen atoms in total. The maximum atomic E-state index is 5.96. The first-order chi connectivity index (χ1) is 11.8. The third-order valence-corrected chi connectivity index (χ3v) is 5.01. The largest absolute Gasteiger partial charge is 0.493 e. The van der Waals surface area contributed by atoms with E-state index in [0.717, 1.165) is 51.4 Å². The van der Waals surface area contributed by atoms with Crippen molar-refractivity contribution in [3.63, 3.8) is 0 Å². The number of rotatable bonds is 6. The maximum Gasteiger partial charge on any atom is 0.122 e. The molecule has 0 amide bonds. The number of fused-ring (bicyclic) bond motifs is 1. The molecule has 0 bridgehead atoms. The first-order valence-electron chi connectivity index (χ1n) is 8.93. The third-order valence-electron chi connectivity index (χ3n) is 5.01. The molecular weight excluding hydrogens is 302 g/mol. The Labute approximate surface area is 143 Å². The Balaban J connectivity index is 1.33. The van der Waals surface area contributed by atoms with Gasteiger partial charge in [-0.1, -0.05) is 12.1 Å². The van der Waals surface area contributed by atoms with E-state index in [4.69, 9.17) is 9.47 Å². The van der Waals surface area contributed by atoms with E-state index < -0.39 is 0 Å². The summed E-state index contributed by atoms with van der Waals surface area (Å²) in [5.41, 5.74) is 3.87. The predicted molar refractivity (Wildman–Crippen MR) is 92.0 cm³/mol. The van der Waals surface area contributed by atoms with E-state index in [-0.39, 0.29) is 6.10 Å². The van der Waals surface area contributed by atoms with Crippen molar-refractivity contribution >= 4 is 0 Å². The average Bonchev–Trinajstić information content (AvgIpc) is 3.34. The zero-order chi connectivity index (χ0) is 16.4. The van der Waals surface area contributed by atoms with Crippen LogP contribution < -0.4 is 10.1 Å². The first-order valence-corrected chi connectivity index (χ1v) is 8.93. The Hall–Kier alpha value is -1.85. The van der Waals surface area contributed by atoms with Crippen LogP contribution in [0.25, 0.3) is 0 Å². The van der Waals surface area contributed by atoms with Crippen LogP contribution in [0.4, 0.5) is 0 Å². The van der Waals surface area contributed by atoms with Gasteiger partial charge in [0.05, 0.1) is 18.9 Å². The van der Waals surface area contributed by atoms with Crippen LogP contribution in [0.15, 0.2) is 30.6 Å². The van der Waals surface area contributed by atoms with Gasteiger partial charge in [0.15, 0.2) is 0 Å². The Morgan fingerprint density at radius 2 is 2.29 bits per heavy atom. The molecule has 2 aliphatic rings. The molecule has 4 rings (SSSR count). The van der Waals surface area contributed by atoms with Crippen LogP contribution in [-0.2, 0) is 24.2 Å². The molecule has 1 N–H and O–H groups in total. The molecule has 128 valence electrons. The van der Waals surface area contributed by atoms with E-state index in [1.165, 1.54) is 16.7 Å². The molecule has 0 spiro atoms. The summed E-state index contributed by atoms with van der Waals surface area (Å²) < 4.78 is 13.5. The molecule has 24 heavy (non-hydrogen) atoms. The monoisotopic (exact) mass is 327 g/mol. The van der Waals surface area contributed by atoms with Gasteiger partial charge >= 0.3 is 0 Å². The van der Waals surface area contributed by atoms with Crippen molar-refractivity contribution in [1.82, 2.24) is 15.1 Å². The van der Waals surface area contributed by atoms with Crippen LogP contribution in [0.5, 0.6) is 5.75 Å². The molecule has 2 atom stereocenters. The second-order valence-corrected chi connectivity index (χ2v) is 6.64. The van der Waals surface area contributed by atoms with Gasteiger partial charge in [0.25, 0.3) is 0 Å². The molecule has 0 saturated carbocycles. The Morgan fingerprint density at radius 3 is 3.17 bits per heavy atom. The SMILES string of the molecule is CCn1cc([C@H]2OCC[C@@H]2CNCc2ccc3c(c2)CCO3)cn1. The van der Waals surface area contributed by atoms with Gasteiger partial charge in [-0.25, -0.2) is 0 Å². The lowest BCUT2D eigenvalue weighted by molar-refractivity contribution is 0.0904. The second kappa shape index (κ2) is 6.95. The molecule has 2 aromatic rings. The van der Waals surface area contributed by atoms with Gasteiger partial charge in [-0.05, 0) is 30.5 Å². The van der Waals surface area contributed by atoms with E-state index in [1.807, 2.05) is 10.9 Å². The summed E-state index contributed by atoms with van der Waals surface area (Å²) in [6, 6.07) is 6.52. The molecule has 0 radical (unpaired) electrons. The highest BCUT2D eigenvalue weighted by atomic mass is 16.5. The minimum atomic E-state index is 0.172. The van der Waals surface area contributed by atoms with Gasteiger partial charge < -0.3 is 14.8 Å². The van der Waals surface area contributed by atoms with Crippen LogP contribution >= 0.6 is 0 Å². The molecule has 1 fully saturated rings. The van der Waals surface area contributed by atoms with Crippen molar-refractivity contribution in [2.24, 2.45) is 5.92 Å². The molecule has 2 aliphatic heterocycles. The molecule has 5 heteroatoms. The molecule has 1 saturated heterocycles. The first kappa shape index (κ1) is 15.7. The quantitative estimate of drug-likeness (QED) is 0.886. The van der Waals surface area contributed by atoms with E-state index in [9.17, 15) is 0 Å². The molecule has 1 aromatic carbocycles. The highest BCUT2D eigenvalue weighted by Crippen LogP contribution is 2.34. The summed E-state index contributed by atoms with van der Waals surface area (Å²) in [6.45, 7) is 6.52. The minimum absolute atomic E-state index is 0.172. The highest BCUT2D eigenvalue weighted by Gasteiger charge is 2.30. The number of aromatic nitrogens is 2. The van der Waals surface area contributed by atoms with Crippen LogP contribution in [0.1, 0.15) is 36.1 Å². The number of hydrogen-bond acceptors (Lipinski definition) is 4. The zero-order valence-corrected chi connectivity index (χ0v) is 14.2. The summed E-state index contributed by atoms with van der Waals surface area (Å²) in [6.07, 6.45) is 6.37. The topological polar surface area (TPSA) is 48.3 Å². The molecule has 0 aliphatic carbocycles. The number of nitrogens with one attached hydrogen (secondary N) is 1. The van der Waals surface area contributed by atoms with Gasteiger partial charge in [0, 0.05) is 50.3 Å². The Bertz CT molecular complexity index is 698. The van der Waals surface area contributed by atoms with Crippen molar-refractivity contribution in [1.29, 1.82) is 0 Å². The lowest BCUT2D eigenvalue weighted by atomic mass is 9.97. The standard InChI is InChI=1S/C19H25N3O2/c1-2-22-13-17(12-21-22)19-16(6-8-24-19)11-20-10-14-3-4-18-15(9-14)5-7-23-18/h3-4,9,12-13,16,19-20H,2,5-8,10-11H2,1H3/t16-,19+/m1/s1. The van der Waals surface area contributed by atoms with Crippen molar-refractivity contribution in [3.8, 4) is 5.75 Å². The summed E-state index contributed by atoms with van der Waals surface area (Å²) in [5.74, 6) is 1.56. The normalized spacial score (nSPS) is 22.5. The highest BCUT2D eigenvalue weighted by molar-refractivity contribution is 5.39. The second-order valence-electron chi connectivity index (χ2n) is 6.64.